The van der Waals surface area contributed by atoms with E-state index >= 15 is 0 Å². The van der Waals surface area contributed by atoms with Crippen molar-refractivity contribution in [2.45, 2.75) is 12.3 Å². The Balaban J connectivity index is 1.86. The number of carbonyl (C=O) groups excluding carboxylic acids is 1. The number of anilines is 1. The number of rotatable bonds is 4. The number of carbonyl (C=O) groups is 1. The molecule has 0 bridgehead atoms. The summed E-state index contributed by atoms with van der Waals surface area (Å²) in [5.74, 6) is 1.18. The van der Waals surface area contributed by atoms with Crippen LogP contribution < -0.4 is 4.90 Å². The van der Waals surface area contributed by atoms with Gasteiger partial charge >= 0.3 is 0 Å². The average molecular weight is 303 g/mol. The summed E-state index contributed by atoms with van der Waals surface area (Å²) < 4.78 is 6.79. The van der Waals surface area contributed by atoms with Crippen LogP contribution in [0.2, 0.25) is 0 Å². The molecule has 1 saturated heterocycles. The summed E-state index contributed by atoms with van der Waals surface area (Å²) in [5, 5.41) is 4.33. The Bertz CT molecular complexity index is 682. The number of hydrogen-bond acceptors (Lipinski definition) is 5. The van der Waals surface area contributed by atoms with Crippen LogP contribution in [0.1, 0.15) is 18.0 Å². The summed E-state index contributed by atoms with van der Waals surface area (Å²) in [4.78, 5) is 20.5. The minimum atomic E-state index is 0.0398. The predicted molar refractivity (Wildman–Crippen MR) is 83.1 cm³/mol. The lowest BCUT2D eigenvalue weighted by atomic mass is 10.1. The van der Waals surface area contributed by atoms with E-state index in [4.69, 9.17) is 9.72 Å². The lowest BCUT2D eigenvalue weighted by Crippen LogP contribution is -2.31. The van der Waals surface area contributed by atoms with Gasteiger partial charge in [0.15, 0.2) is 5.82 Å². The second-order valence-electron chi connectivity index (χ2n) is 5.80. The van der Waals surface area contributed by atoms with Crippen molar-refractivity contribution in [2.75, 3.05) is 45.8 Å². The smallest absolute Gasteiger partial charge is 0.248 e. The molecule has 2 aromatic rings. The van der Waals surface area contributed by atoms with Crippen LogP contribution in [-0.2, 0) is 9.53 Å². The van der Waals surface area contributed by atoms with Crippen molar-refractivity contribution in [1.29, 1.82) is 0 Å². The van der Waals surface area contributed by atoms with Crippen LogP contribution in [0.3, 0.4) is 0 Å². The van der Waals surface area contributed by atoms with E-state index in [1.807, 2.05) is 40.7 Å². The molecule has 0 N–H and O–H groups in total. The molecular weight excluding hydrogens is 282 g/mol. The molecule has 0 spiro atoms. The standard InChI is InChI=1S/C15H21N5O2/c1-18(2)15-13-4-6-16-20(13)9-12(17-15)11-5-7-19(8-11)14(21)10-22-3/h4,6,9,11H,5,7-8,10H2,1-3H3/t11-/m0/s1. The fraction of sp³-hybridized carbons (Fsp3) is 0.533. The minimum Gasteiger partial charge on any atom is -0.375 e. The van der Waals surface area contributed by atoms with Crippen LogP contribution in [0.25, 0.3) is 5.52 Å². The summed E-state index contributed by atoms with van der Waals surface area (Å²) in [6.45, 7) is 1.58. The second kappa shape index (κ2) is 5.92. The molecule has 0 saturated carbocycles. The van der Waals surface area contributed by atoms with Gasteiger partial charge in [0.2, 0.25) is 5.91 Å². The van der Waals surface area contributed by atoms with E-state index in [9.17, 15) is 4.79 Å². The van der Waals surface area contributed by atoms with Gasteiger partial charge in [0, 0.05) is 40.2 Å². The quantitative estimate of drug-likeness (QED) is 0.834. The highest BCUT2D eigenvalue weighted by Gasteiger charge is 2.29. The fourth-order valence-electron chi connectivity index (χ4n) is 2.90. The molecule has 3 heterocycles. The zero-order valence-corrected chi connectivity index (χ0v) is 13.2. The maximum absolute atomic E-state index is 11.9. The molecule has 0 unspecified atom stereocenters. The third kappa shape index (κ3) is 2.64. The van der Waals surface area contributed by atoms with Crippen LogP contribution in [0.4, 0.5) is 5.82 Å². The van der Waals surface area contributed by atoms with Crippen molar-refractivity contribution in [3.05, 3.63) is 24.2 Å². The molecule has 7 nitrogen and oxygen atoms in total. The van der Waals surface area contributed by atoms with E-state index in [0.29, 0.717) is 6.54 Å². The van der Waals surface area contributed by atoms with E-state index < -0.39 is 0 Å². The van der Waals surface area contributed by atoms with Gasteiger partial charge in [-0.2, -0.15) is 5.10 Å². The lowest BCUT2D eigenvalue weighted by Gasteiger charge is -2.18. The van der Waals surface area contributed by atoms with Crippen molar-refractivity contribution in [2.24, 2.45) is 0 Å². The number of fused-ring (bicyclic) bond motifs is 1. The first-order chi connectivity index (χ1) is 10.6. The molecule has 1 amide bonds. The van der Waals surface area contributed by atoms with Crippen LogP contribution in [0, 0.1) is 0 Å². The van der Waals surface area contributed by atoms with Gasteiger partial charge < -0.3 is 14.5 Å². The summed E-state index contributed by atoms with van der Waals surface area (Å²) in [6, 6.07) is 1.95. The number of ether oxygens (including phenoxy) is 1. The van der Waals surface area contributed by atoms with E-state index in [0.717, 1.165) is 30.0 Å². The van der Waals surface area contributed by atoms with Crippen molar-refractivity contribution < 1.29 is 9.53 Å². The topological polar surface area (TPSA) is 63.0 Å². The number of hydrogen-bond donors (Lipinski definition) is 0. The zero-order chi connectivity index (χ0) is 15.7. The highest BCUT2D eigenvalue weighted by molar-refractivity contribution is 5.77. The van der Waals surface area contributed by atoms with Crippen molar-refractivity contribution in [3.8, 4) is 0 Å². The number of aromatic nitrogens is 3. The lowest BCUT2D eigenvalue weighted by molar-refractivity contribution is -0.134. The van der Waals surface area contributed by atoms with Crippen molar-refractivity contribution in [1.82, 2.24) is 19.5 Å². The zero-order valence-electron chi connectivity index (χ0n) is 13.2. The molecule has 22 heavy (non-hydrogen) atoms. The van der Waals surface area contributed by atoms with E-state index in [1.54, 1.807) is 13.3 Å². The molecule has 2 aromatic heterocycles. The molecule has 1 aliphatic rings. The van der Waals surface area contributed by atoms with Crippen molar-refractivity contribution >= 4 is 17.2 Å². The van der Waals surface area contributed by atoms with E-state index in [2.05, 4.69) is 5.10 Å². The van der Waals surface area contributed by atoms with Crippen molar-refractivity contribution in [3.63, 3.8) is 0 Å². The maximum atomic E-state index is 11.9. The molecular formula is C15H21N5O2. The molecule has 1 fully saturated rings. The first-order valence-electron chi connectivity index (χ1n) is 7.38. The summed E-state index contributed by atoms with van der Waals surface area (Å²) in [7, 11) is 5.49. The number of methoxy groups -OCH3 is 1. The van der Waals surface area contributed by atoms with Gasteiger partial charge in [-0.25, -0.2) is 9.50 Å². The Morgan fingerprint density at radius 3 is 3.05 bits per heavy atom. The highest BCUT2D eigenvalue weighted by Crippen LogP contribution is 2.28. The normalized spacial score (nSPS) is 18.1. The molecule has 0 aliphatic carbocycles. The largest absolute Gasteiger partial charge is 0.375 e. The molecule has 0 radical (unpaired) electrons. The Morgan fingerprint density at radius 1 is 1.50 bits per heavy atom. The van der Waals surface area contributed by atoms with Crippen LogP contribution in [0.15, 0.2) is 18.5 Å². The third-order valence-corrected chi connectivity index (χ3v) is 4.04. The van der Waals surface area contributed by atoms with Crippen LogP contribution in [0.5, 0.6) is 0 Å². The third-order valence-electron chi connectivity index (χ3n) is 4.04. The Hall–Kier alpha value is -2.15. The average Bonchev–Trinajstić information content (AvgIpc) is 3.15. The number of amides is 1. The fourth-order valence-corrected chi connectivity index (χ4v) is 2.90. The minimum absolute atomic E-state index is 0.0398. The van der Waals surface area contributed by atoms with Gasteiger partial charge in [0.25, 0.3) is 0 Å². The highest BCUT2D eigenvalue weighted by atomic mass is 16.5. The van der Waals surface area contributed by atoms with Gasteiger partial charge in [-0.15, -0.1) is 0 Å². The molecule has 0 aromatic carbocycles. The Kier molecular flexibility index (Phi) is 3.98. The number of likely N-dealkylation sites (tertiary alicyclic amines) is 1. The summed E-state index contributed by atoms with van der Waals surface area (Å²) in [6.07, 6.45) is 4.66. The van der Waals surface area contributed by atoms with Crippen LogP contribution in [-0.4, -0.2) is 66.3 Å². The van der Waals surface area contributed by atoms with Gasteiger partial charge in [-0.05, 0) is 12.5 Å². The maximum Gasteiger partial charge on any atom is 0.248 e. The van der Waals surface area contributed by atoms with Crippen LogP contribution >= 0.6 is 0 Å². The SMILES string of the molecule is COCC(=O)N1CC[C@H](c2cn3nccc3c(N(C)C)n2)C1. The molecule has 1 atom stereocenters. The molecule has 7 heteroatoms. The summed E-state index contributed by atoms with van der Waals surface area (Å²) >= 11 is 0. The van der Waals surface area contributed by atoms with Gasteiger partial charge in [0.05, 0.1) is 18.1 Å². The monoisotopic (exact) mass is 303 g/mol. The first kappa shape index (κ1) is 14.8. The van der Waals surface area contributed by atoms with Gasteiger partial charge in [-0.1, -0.05) is 0 Å². The van der Waals surface area contributed by atoms with E-state index in [-0.39, 0.29) is 18.4 Å². The number of nitrogens with zero attached hydrogens (tertiary/aromatic N) is 5. The van der Waals surface area contributed by atoms with Gasteiger partial charge in [0.1, 0.15) is 12.1 Å². The van der Waals surface area contributed by atoms with Gasteiger partial charge in [-0.3, -0.25) is 4.79 Å². The first-order valence-corrected chi connectivity index (χ1v) is 7.38. The summed E-state index contributed by atoms with van der Waals surface area (Å²) in [5.41, 5.74) is 1.96. The Morgan fingerprint density at radius 2 is 2.32 bits per heavy atom. The molecule has 3 rings (SSSR count). The molecule has 1 aliphatic heterocycles. The second-order valence-corrected chi connectivity index (χ2v) is 5.80. The Labute approximate surface area is 129 Å². The van der Waals surface area contributed by atoms with E-state index in [1.165, 1.54) is 0 Å². The predicted octanol–water partition coefficient (Wildman–Crippen LogP) is 0.758. The molecule has 118 valence electrons.